The van der Waals surface area contributed by atoms with Crippen LogP contribution in [-0.4, -0.2) is 13.6 Å². The molecule has 0 aliphatic carbocycles. The number of hydrogen-bond donors (Lipinski definition) is 2. The smallest absolute Gasteiger partial charge is 0.0648 e. The number of nitrogens with two attached hydrogens (primary N) is 1. The lowest BCUT2D eigenvalue weighted by molar-refractivity contribution is 0.938. The Morgan fingerprint density at radius 2 is 2.07 bits per heavy atom. The molecule has 74 valence electrons. The van der Waals surface area contributed by atoms with Crippen molar-refractivity contribution >= 4 is 28.9 Å². The fraction of sp³-hybridized carbons (Fsp3) is 0.200. The van der Waals surface area contributed by atoms with Gasteiger partial charge in [-0.05, 0) is 19.2 Å². The Labute approximate surface area is 93.4 Å². The molecule has 0 saturated carbocycles. The normalized spacial score (nSPS) is 9.36. The Bertz CT molecular complexity index is 391. The molecule has 0 radical (unpaired) electrons. The summed E-state index contributed by atoms with van der Waals surface area (Å²) in [6.07, 6.45) is 0. The third kappa shape index (κ3) is 2.81. The van der Waals surface area contributed by atoms with E-state index in [9.17, 15) is 0 Å². The van der Waals surface area contributed by atoms with E-state index in [1.807, 2.05) is 7.05 Å². The number of hydrogen-bond acceptors (Lipinski definition) is 2. The minimum Gasteiger partial charge on any atom is -0.397 e. The van der Waals surface area contributed by atoms with Gasteiger partial charge in [0.05, 0.1) is 22.3 Å². The van der Waals surface area contributed by atoms with Gasteiger partial charge in [0.25, 0.3) is 0 Å². The highest BCUT2D eigenvalue weighted by Crippen LogP contribution is 2.26. The largest absolute Gasteiger partial charge is 0.397 e. The van der Waals surface area contributed by atoms with Crippen LogP contribution in [0.4, 0.5) is 5.69 Å². The Morgan fingerprint density at radius 1 is 1.36 bits per heavy atom. The molecule has 0 unspecified atom stereocenters. The fourth-order valence-electron chi connectivity index (χ4n) is 0.886. The monoisotopic (exact) mass is 228 g/mol. The number of anilines is 1. The summed E-state index contributed by atoms with van der Waals surface area (Å²) in [5, 5.41) is 3.91. The molecule has 0 aliphatic heterocycles. The zero-order valence-corrected chi connectivity index (χ0v) is 9.21. The van der Waals surface area contributed by atoms with Crippen LogP contribution in [0.15, 0.2) is 12.1 Å². The molecule has 2 nitrogen and oxygen atoms in total. The van der Waals surface area contributed by atoms with E-state index in [4.69, 9.17) is 28.9 Å². The second-order valence-corrected chi connectivity index (χ2v) is 3.50. The first-order chi connectivity index (χ1) is 6.65. The maximum atomic E-state index is 5.92. The summed E-state index contributed by atoms with van der Waals surface area (Å²) in [7, 11) is 1.83. The highest BCUT2D eigenvalue weighted by Gasteiger charge is 2.02. The fourth-order valence-corrected chi connectivity index (χ4v) is 1.27. The van der Waals surface area contributed by atoms with Gasteiger partial charge in [-0.15, -0.1) is 0 Å². The van der Waals surface area contributed by atoms with Crippen LogP contribution in [0, 0.1) is 11.8 Å². The Morgan fingerprint density at radius 3 is 2.71 bits per heavy atom. The maximum absolute atomic E-state index is 5.92. The Kier molecular flexibility index (Phi) is 4.09. The van der Waals surface area contributed by atoms with E-state index in [0.29, 0.717) is 27.8 Å². The summed E-state index contributed by atoms with van der Waals surface area (Å²) < 4.78 is 0. The predicted octanol–water partition coefficient (Wildman–Crippen LogP) is 2.15. The van der Waals surface area contributed by atoms with Crippen molar-refractivity contribution in [2.45, 2.75) is 0 Å². The van der Waals surface area contributed by atoms with Gasteiger partial charge in [0, 0.05) is 5.56 Å². The molecule has 0 aliphatic rings. The third-order valence-electron chi connectivity index (χ3n) is 1.57. The molecular weight excluding hydrogens is 219 g/mol. The summed E-state index contributed by atoms with van der Waals surface area (Å²) in [4.78, 5) is 0. The molecule has 1 aromatic carbocycles. The lowest BCUT2D eigenvalue weighted by Crippen LogP contribution is -2.04. The molecule has 0 spiro atoms. The quantitative estimate of drug-likeness (QED) is 0.572. The lowest BCUT2D eigenvalue weighted by atomic mass is 10.2. The zero-order chi connectivity index (χ0) is 10.6. The molecule has 0 saturated heterocycles. The van der Waals surface area contributed by atoms with Crippen molar-refractivity contribution in [3.05, 3.63) is 27.7 Å². The minimum atomic E-state index is 0.468. The molecule has 0 amide bonds. The lowest BCUT2D eigenvalue weighted by Gasteiger charge is -2.00. The van der Waals surface area contributed by atoms with Gasteiger partial charge in [-0.1, -0.05) is 35.0 Å². The summed E-state index contributed by atoms with van der Waals surface area (Å²) in [6.45, 7) is 0.609. The van der Waals surface area contributed by atoms with Crippen molar-refractivity contribution in [3.8, 4) is 11.8 Å². The van der Waals surface area contributed by atoms with E-state index in [1.54, 1.807) is 12.1 Å². The van der Waals surface area contributed by atoms with Crippen LogP contribution in [0.2, 0.25) is 10.0 Å². The van der Waals surface area contributed by atoms with Gasteiger partial charge in [0.15, 0.2) is 0 Å². The summed E-state index contributed by atoms with van der Waals surface area (Å²) in [5.41, 5.74) is 6.73. The van der Waals surface area contributed by atoms with Gasteiger partial charge in [0.2, 0.25) is 0 Å². The molecule has 0 heterocycles. The second kappa shape index (κ2) is 5.11. The molecule has 0 aromatic heterocycles. The van der Waals surface area contributed by atoms with Crippen LogP contribution in [-0.2, 0) is 0 Å². The highest BCUT2D eigenvalue weighted by molar-refractivity contribution is 6.35. The van der Waals surface area contributed by atoms with Crippen LogP contribution in [0.5, 0.6) is 0 Å². The average molecular weight is 229 g/mol. The van der Waals surface area contributed by atoms with Gasteiger partial charge < -0.3 is 11.1 Å². The molecule has 0 bridgehead atoms. The Hall–Kier alpha value is -0.880. The number of benzene rings is 1. The van der Waals surface area contributed by atoms with Crippen LogP contribution < -0.4 is 11.1 Å². The highest BCUT2D eigenvalue weighted by atomic mass is 35.5. The van der Waals surface area contributed by atoms with Crippen LogP contribution in [0.1, 0.15) is 5.56 Å². The number of nitrogen functional groups attached to an aromatic ring is 1. The van der Waals surface area contributed by atoms with Gasteiger partial charge >= 0.3 is 0 Å². The van der Waals surface area contributed by atoms with E-state index in [2.05, 4.69) is 17.2 Å². The molecule has 0 fully saturated rings. The summed E-state index contributed by atoms with van der Waals surface area (Å²) >= 11 is 11.8. The molecule has 1 aromatic rings. The molecule has 4 heteroatoms. The van der Waals surface area contributed by atoms with Crippen molar-refractivity contribution in [2.24, 2.45) is 0 Å². The van der Waals surface area contributed by atoms with Crippen LogP contribution in [0.3, 0.4) is 0 Å². The molecular formula is C10H10Cl2N2. The molecule has 14 heavy (non-hydrogen) atoms. The molecule has 3 N–H and O–H groups in total. The standard InChI is InChI=1S/C10H10Cl2N2/c1-14-4-2-3-7-5-9(12)10(13)6-8(7)11/h5-6,14H,4,13H2,1H3. The van der Waals surface area contributed by atoms with E-state index < -0.39 is 0 Å². The van der Waals surface area contributed by atoms with E-state index >= 15 is 0 Å². The van der Waals surface area contributed by atoms with Crippen molar-refractivity contribution in [2.75, 3.05) is 19.3 Å². The van der Waals surface area contributed by atoms with Crippen LogP contribution >= 0.6 is 23.2 Å². The predicted molar refractivity (Wildman–Crippen MR) is 61.7 cm³/mol. The first-order valence-corrected chi connectivity index (χ1v) is 4.78. The molecule has 1 rings (SSSR count). The first-order valence-electron chi connectivity index (χ1n) is 4.03. The summed E-state index contributed by atoms with van der Waals surface area (Å²) in [6, 6.07) is 3.27. The number of halogens is 2. The minimum absolute atomic E-state index is 0.468. The Balaban J connectivity index is 3.00. The maximum Gasteiger partial charge on any atom is 0.0648 e. The third-order valence-corrected chi connectivity index (χ3v) is 2.21. The number of rotatable bonds is 1. The van der Waals surface area contributed by atoms with Crippen molar-refractivity contribution in [1.29, 1.82) is 0 Å². The van der Waals surface area contributed by atoms with Crippen molar-refractivity contribution in [3.63, 3.8) is 0 Å². The number of nitrogens with one attached hydrogen (secondary N) is 1. The van der Waals surface area contributed by atoms with Gasteiger partial charge in [-0.25, -0.2) is 0 Å². The van der Waals surface area contributed by atoms with Crippen molar-refractivity contribution < 1.29 is 0 Å². The molecule has 0 atom stereocenters. The van der Waals surface area contributed by atoms with Gasteiger partial charge in [0.1, 0.15) is 0 Å². The second-order valence-electron chi connectivity index (χ2n) is 2.69. The van der Waals surface area contributed by atoms with E-state index in [-0.39, 0.29) is 0 Å². The topological polar surface area (TPSA) is 38.0 Å². The van der Waals surface area contributed by atoms with E-state index in [0.717, 1.165) is 0 Å². The van der Waals surface area contributed by atoms with E-state index in [1.165, 1.54) is 0 Å². The SMILES string of the molecule is CNCC#Cc1cc(Cl)c(N)cc1Cl. The first kappa shape index (κ1) is 11.2. The van der Waals surface area contributed by atoms with Crippen molar-refractivity contribution in [1.82, 2.24) is 5.32 Å². The summed E-state index contributed by atoms with van der Waals surface area (Å²) in [5.74, 6) is 5.79. The zero-order valence-electron chi connectivity index (χ0n) is 7.70. The average Bonchev–Trinajstić information content (AvgIpc) is 2.14. The van der Waals surface area contributed by atoms with Gasteiger partial charge in [-0.2, -0.15) is 0 Å². The van der Waals surface area contributed by atoms with Crippen LogP contribution in [0.25, 0.3) is 0 Å². The van der Waals surface area contributed by atoms with Gasteiger partial charge in [-0.3, -0.25) is 0 Å².